The molecule has 152 valence electrons. The van der Waals surface area contributed by atoms with Crippen LogP contribution in [0.5, 0.6) is 0 Å². The third kappa shape index (κ3) is 3.93. The molecule has 0 saturated heterocycles. The Balaban J connectivity index is 1.94. The van der Waals surface area contributed by atoms with E-state index in [4.69, 9.17) is 16.7 Å². The summed E-state index contributed by atoms with van der Waals surface area (Å²) in [5.74, 6) is 0.741. The molecule has 29 heavy (non-hydrogen) atoms. The highest BCUT2D eigenvalue weighted by molar-refractivity contribution is 6.30. The van der Waals surface area contributed by atoms with Crippen molar-refractivity contribution in [2.75, 3.05) is 25.0 Å². The molecular formula is C21H24ClN5O2. The van der Waals surface area contributed by atoms with Gasteiger partial charge in [-0.05, 0) is 23.8 Å². The molecule has 0 aliphatic carbocycles. The van der Waals surface area contributed by atoms with Gasteiger partial charge in [0.25, 0.3) is 0 Å². The number of fused-ring (bicyclic) bond motifs is 3. The Kier molecular flexibility index (Phi) is 5.19. The molecule has 0 saturated carbocycles. The van der Waals surface area contributed by atoms with Crippen LogP contribution >= 0.6 is 11.6 Å². The second-order valence-corrected chi connectivity index (χ2v) is 8.55. The van der Waals surface area contributed by atoms with Crippen LogP contribution in [0.2, 0.25) is 5.02 Å². The third-order valence-electron chi connectivity index (χ3n) is 5.07. The summed E-state index contributed by atoms with van der Waals surface area (Å²) in [6, 6.07) is 9.33. The summed E-state index contributed by atoms with van der Waals surface area (Å²) in [4.78, 5) is 22.4. The van der Waals surface area contributed by atoms with Gasteiger partial charge in [-0.2, -0.15) is 0 Å². The Morgan fingerprint density at radius 2 is 2.07 bits per heavy atom. The lowest BCUT2D eigenvalue weighted by Gasteiger charge is -2.35. The van der Waals surface area contributed by atoms with Crippen molar-refractivity contribution in [2.24, 2.45) is 10.4 Å². The van der Waals surface area contributed by atoms with Crippen molar-refractivity contribution in [1.82, 2.24) is 14.1 Å². The summed E-state index contributed by atoms with van der Waals surface area (Å²) in [7, 11) is 0. The van der Waals surface area contributed by atoms with Gasteiger partial charge in [-0.1, -0.05) is 37.6 Å². The number of halogens is 1. The Morgan fingerprint density at radius 1 is 1.31 bits per heavy atom. The fourth-order valence-corrected chi connectivity index (χ4v) is 3.75. The van der Waals surface area contributed by atoms with E-state index < -0.39 is 0 Å². The van der Waals surface area contributed by atoms with Crippen molar-refractivity contribution in [3.05, 3.63) is 63.0 Å². The van der Waals surface area contributed by atoms with Crippen LogP contribution < -0.4 is 16.4 Å². The molecule has 1 aromatic carbocycles. The largest absolute Gasteiger partial charge is 0.394 e. The smallest absolute Gasteiger partial charge is 0.330 e. The summed E-state index contributed by atoms with van der Waals surface area (Å²) in [6.07, 6.45) is 1.68. The van der Waals surface area contributed by atoms with Crippen LogP contribution in [-0.4, -0.2) is 38.9 Å². The van der Waals surface area contributed by atoms with Crippen LogP contribution in [0.3, 0.4) is 0 Å². The molecule has 0 atom stereocenters. The van der Waals surface area contributed by atoms with Crippen LogP contribution in [0.15, 0.2) is 46.3 Å². The fourth-order valence-electron chi connectivity index (χ4n) is 3.63. The molecule has 3 heterocycles. The van der Waals surface area contributed by atoms with Crippen molar-refractivity contribution in [1.29, 1.82) is 0 Å². The Labute approximate surface area is 173 Å². The lowest BCUT2D eigenvalue weighted by atomic mass is 9.91. The number of nitrogens with zero attached hydrogens (tertiary/aromatic N) is 4. The Bertz CT molecular complexity index is 1130. The maximum absolute atomic E-state index is 13.5. The fraction of sp³-hybridized carbons (Fsp3) is 0.381. The molecule has 0 aromatic heterocycles. The number of rotatable bonds is 4. The first-order valence-electron chi connectivity index (χ1n) is 9.61. The molecule has 3 aliphatic rings. The molecule has 2 N–H and O–H groups in total. The quantitative estimate of drug-likeness (QED) is 0.686. The Morgan fingerprint density at radius 3 is 2.79 bits per heavy atom. The topological polar surface area (TPSA) is 84.4 Å². The number of anilines is 1. The van der Waals surface area contributed by atoms with Crippen molar-refractivity contribution in [2.45, 2.75) is 26.9 Å². The standard InChI is InChI=1S/C21H24ClN5O2/c1-21(2)12-25-19-18-17(9-16(10-24-18)23-7-8-28)26(20(29)27(19)13-21)11-14-3-5-15(22)6-4-14/h3-6,9-10,25,28H,7-8,11-13H2,1-2H3. The lowest BCUT2D eigenvalue weighted by molar-refractivity contribution is 0.299. The number of nitrogens with one attached hydrogen (secondary N) is 1. The zero-order chi connectivity index (χ0) is 20.6. The first-order valence-corrected chi connectivity index (χ1v) is 9.99. The van der Waals surface area contributed by atoms with E-state index in [1.165, 1.54) is 0 Å². The molecule has 8 heteroatoms. The van der Waals surface area contributed by atoms with Crippen molar-refractivity contribution < 1.29 is 5.11 Å². The van der Waals surface area contributed by atoms with Gasteiger partial charge in [0.15, 0.2) is 0 Å². The molecule has 0 unspecified atom stereocenters. The monoisotopic (exact) mass is 413 g/mol. The van der Waals surface area contributed by atoms with Gasteiger partial charge in [0.1, 0.15) is 11.5 Å². The van der Waals surface area contributed by atoms with Gasteiger partial charge in [0.2, 0.25) is 0 Å². The first kappa shape index (κ1) is 19.7. The predicted molar refractivity (Wildman–Crippen MR) is 113 cm³/mol. The van der Waals surface area contributed by atoms with Crippen molar-refractivity contribution in [3.8, 4) is 11.4 Å². The average Bonchev–Trinajstić information content (AvgIpc) is 2.70. The molecular weight excluding hydrogens is 390 g/mol. The van der Waals surface area contributed by atoms with Crippen LogP contribution in [-0.2, 0) is 13.1 Å². The minimum absolute atomic E-state index is 0.0354. The molecule has 0 radical (unpaired) electrons. The molecule has 0 spiro atoms. The van der Waals surface area contributed by atoms with E-state index in [0.717, 1.165) is 23.6 Å². The zero-order valence-electron chi connectivity index (χ0n) is 16.5. The van der Waals surface area contributed by atoms with E-state index in [1.54, 1.807) is 15.3 Å². The molecule has 0 bridgehead atoms. The number of hydrogen-bond donors (Lipinski definition) is 2. The van der Waals surface area contributed by atoms with Crippen LogP contribution in [0, 0.1) is 5.41 Å². The number of pyridine rings is 1. The van der Waals surface area contributed by atoms with E-state index in [2.05, 4.69) is 29.1 Å². The predicted octanol–water partition coefficient (Wildman–Crippen LogP) is 2.20. The van der Waals surface area contributed by atoms with E-state index >= 15 is 0 Å². The number of aliphatic hydroxyl groups excluding tert-OH is 1. The average molecular weight is 414 g/mol. The van der Waals surface area contributed by atoms with E-state index in [0.29, 0.717) is 35.7 Å². The molecule has 0 fully saturated rings. The van der Waals surface area contributed by atoms with Crippen LogP contribution in [0.4, 0.5) is 5.82 Å². The summed E-state index contributed by atoms with van der Waals surface area (Å²) in [5.41, 5.74) is 2.28. The maximum atomic E-state index is 13.5. The zero-order valence-corrected chi connectivity index (χ0v) is 17.3. The van der Waals surface area contributed by atoms with Crippen LogP contribution in [0.25, 0.3) is 11.4 Å². The number of aromatic nitrogens is 3. The van der Waals surface area contributed by atoms with Gasteiger partial charge in [0.05, 0.1) is 36.9 Å². The minimum atomic E-state index is -0.0937. The van der Waals surface area contributed by atoms with E-state index in [-0.39, 0.29) is 17.7 Å². The van der Waals surface area contributed by atoms with Crippen LogP contribution in [0.1, 0.15) is 19.4 Å². The van der Waals surface area contributed by atoms with E-state index in [9.17, 15) is 4.79 Å². The second kappa shape index (κ2) is 7.65. The number of aliphatic hydroxyl groups is 1. The van der Waals surface area contributed by atoms with Gasteiger partial charge in [0, 0.05) is 23.5 Å². The van der Waals surface area contributed by atoms with Crippen molar-refractivity contribution in [3.63, 3.8) is 0 Å². The summed E-state index contributed by atoms with van der Waals surface area (Å²) < 4.78 is 3.51. The molecule has 3 aliphatic heterocycles. The maximum Gasteiger partial charge on any atom is 0.330 e. The van der Waals surface area contributed by atoms with Gasteiger partial charge in [-0.3, -0.25) is 14.1 Å². The molecule has 0 amide bonds. The minimum Gasteiger partial charge on any atom is -0.394 e. The normalized spacial score (nSPS) is 15.9. The van der Waals surface area contributed by atoms with Crippen molar-refractivity contribution >= 4 is 17.4 Å². The number of hydrogen-bond acceptors (Lipinski definition) is 5. The van der Waals surface area contributed by atoms with Gasteiger partial charge >= 0.3 is 5.69 Å². The number of benzene rings is 1. The summed E-state index contributed by atoms with van der Waals surface area (Å²) in [6.45, 7) is 6.30. The van der Waals surface area contributed by atoms with Gasteiger partial charge in [-0.25, -0.2) is 9.78 Å². The first-order chi connectivity index (χ1) is 13.9. The van der Waals surface area contributed by atoms with E-state index in [1.807, 2.05) is 30.3 Å². The van der Waals surface area contributed by atoms with Gasteiger partial charge in [-0.15, -0.1) is 0 Å². The highest BCUT2D eigenvalue weighted by atomic mass is 35.5. The van der Waals surface area contributed by atoms with Gasteiger partial charge < -0.3 is 10.4 Å². The summed E-state index contributed by atoms with van der Waals surface area (Å²) in [5, 5.41) is 13.8. The third-order valence-corrected chi connectivity index (χ3v) is 5.32. The second-order valence-electron chi connectivity index (χ2n) is 8.11. The highest BCUT2D eigenvalue weighted by Gasteiger charge is 2.30. The highest BCUT2D eigenvalue weighted by Crippen LogP contribution is 2.32. The molecule has 4 rings (SSSR count). The summed E-state index contributed by atoms with van der Waals surface area (Å²) >= 11 is 6.01. The molecule has 7 nitrogen and oxygen atoms in total. The molecule has 1 aromatic rings. The lowest BCUT2D eigenvalue weighted by Crippen LogP contribution is -2.44. The SMILES string of the molecule is CC1(C)CNc2c3ncc(=NCCO)cc-3n(Cc3ccc(Cl)cc3)c(=O)n2C1. The Hall–Kier alpha value is -2.64.